The summed E-state index contributed by atoms with van der Waals surface area (Å²) in [6, 6.07) is 4.80. The van der Waals surface area contributed by atoms with Crippen molar-refractivity contribution in [3.63, 3.8) is 0 Å². The van der Waals surface area contributed by atoms with Crippen LogP contribution in [0.5, 0.6) is 5.75 Å². The monoisotopic (exact) mass is 448 g/mol. The predicted molar refractivity (Wildman–Crippen MR) is 112 cm³/mol. The van der Waals surface area contributed by atoms with Crippen molar-refractivity contribution in [3.8, 4) is 5.75 Å². The third kappa shape index (κ3) is 8.28. The van der Waals surface area contributed by atoms with Gasteiger partial charge in [0.25, 0.3) is 0 Å². The van der Waals surface area contributed by atoms with Crippen LogP contribution in [0.3, 0.4) is 0 Å². The Balaban J connectivity index is 1.66. The van der Waals surface area contributed by atoms with E-state index < -0.39 is 5.97 Å². The first-order valence-corrected chi connectivity index (χ1v) is 10.9. The molecule has 1 aliphatic rings. The first kappa shape index (κ1) is 24.2. The van der Waals surface area contributed by atoms with Crippen molar-refractivity contribution in [3.05, 3.63) is 33.5 Å². The van der Waals surface area contributed by atoms with E-state index in [-0.39, 0.29) is 30.2 Å². The third-order valence-electron chi connectivity index (χ3n) is 5.28. The quantitative estimate of drug-likeness (QED) is 0.314. The van der Waals surface area contributed by atoms with Gasteiger partial charge >= 0.3 is 5.97 Å². The zero-order chi connectivity index (χ0) is 21.2. The molecule has 1 aromatic carbocycles. The van der Waals surface area contributed by atoms with Crippen LogP contribution in [0, 0.1) is 5.21 Å². The average Bonchev–Trinajstić information content (AvgIpc) is 2.92. The number of carboxylic acids is 1. The highest BCUT2D eigenvalue weighted by molar-refractivity contribution is 6.35. The smallest absolute Gasteiger partial charge is 0.303 e. The van der Waals surface area contributed by atoms with Gasteiger partial charge in [0.2, 0.25) is 0 Å². The molecule has 1 aliphatic heterocycles. The number of carboxylic acid groups (broad SMARTS) is 1. The van der Waals surface area contributed by atoms with Crippen molar-refractivity contribution >= 4 is 29.2 Å². The van der Waals surface area contributed by atoms with Crippen LogP contribution in [-0.2, 0) is 4.79 Å². The van der Waals surface area contributed by atoms with Gasteiger partial charge in [-0.25, -0.2) is 0 Å². The molecule has 0 amide bonds. The van der Waals surface area contributed by atoms with Gasteiger partial charge in [-0.2, -0.15) is 0 Å². The molecule has 0 saturated carbocycles. The SMILES string of the molecule is O=C(O)CCCCCCC1C(CCCCOc2ccc(Cl)cc2Cl)N(O)C[NH+]1[O-]. The molecule has 29 heavy (non-hydrogen) atoms. The molecule has 0 aliphatic carbocycles. The molecule has 0 bridgehead atoms. The van der Waals surface area contributed by atoms with E-state index in [0.717, 1.165) is 44.9 Å². The highest BCUT2D eigenvalue weighted by atomic mass is 35.5. The molecule has 9 heteroatoms. The molecule has 0 aromatic heterocycles. The number of quaternary nitrogens is 1. The van der Waals surface area contributed by atoms with Crippen molar-refractivity contribution in [2.45, 2.75) is 69.9 Å². The number of benzene rings is 1. The normalized spacial score (nSPS) is 22.1. The second-order valence-electron chi connectivity index (χ2n) is 7.50. The summed E-state index contributed by atoms with van der Waals surface area (Å²) in [5.74, 6) is -0.175. The number of hydrogen-bond donors (Lipinski definition) is 3. The van der Waals surface area contributed by atoms with Crippen molar-refractivity contribution in [1.29, 1.82) is 0 Å². The molecule has 1 saturated heterocycles. The summed E-state index contributed by atoms with van der Waals surface area (Å²) in [4.78, 5) is 10.5. The Labute approximate surface area is 181 Å². The first-order valence-electron chi connectivity index (χ1n) is 10.2. The molecule has 1 heterocycles. The number of ether oxygens (including phenoxy) is 1. The fourth-order valence-electron chi connectivity index (χ4n) is 3.74. The van der Waals surface area contributed by atoms with E-state index in [1.165, 1.54) is 5.06 Å². The van der Waals surface area contributed by atoms with Gasteiger partial charge in [-0.05, 0) is 50.3 Å². The summed E-state index contributed by atoms with van der Waals surface area (Å²) in [6.07, 6.45) is 6.58. The number of aliphatic carboxylic acids is 1. The number of hydroxylamine groups is 4. The number of halogens is 2. The predicted octanol–water partition coefficient (Wildman–Crippen LogP) is 3.75. The van der Waals surface area contributed by atoms with Gasteiger partial charge in [-0.3, -0.25) is 4.79 Å². The van der Waals surface area contributed by atoms with Crippen LogP contribution >= 0.6 is 23.2 Å². The highest BCUT2D eigenvalue weighted by Crippen LogP contribution is 2.27. The van der Waals surface area contributed by atoms with Crippen molar-refractivity contribution in [2.75, 3.05) is 13.3 Å². The zero-order valence-electron chi connectivity index (χ0n) is 16.5. The molecule has 0 spiro atoms. The van der Waals surface area contributed by atoms with Crippen LogP contribution < -0.4 is 9.80 Å². The maximum absolute atomic E-state index is 12.2. The molecule has 1 fully saturated rings. The zero-order valence-corrected chi connectivity index (χ0v) is 18.0. The van der Waals surface area contributed by atoms with Crippen LogP contribution in [0.1, 0.15) is 57.8 Å². The molecule has 1 aromatic rings. The molecule has 164 valence electrons. The lowest BCUT2D eigenvalue weighted by Crippen LogP contribution is -3.10. The first-order chi connectivity index (χ1) is 13.9. The van der Waals surface area contributed by atoms with Gasteiger partial charge in [0.1, 0.15) is 11.8 Å². The van der Waals surface area contributed by atoms with Crippen LogP contribution in [0.2, 0.25) is 10.0 Å². The van der Waals surface area contributed by atoms with E-state index in [2.05, 4.69) is 0 Å². The minimum Gasteiger partial charge on any atom is -0.633 e. The van der Waals surface area contributed by atoms with Gasteiger partial charge < -0.3 is 25.3 Å². The molecular weight excluding hydrogens is 419 g/mol. The summed E-state index contributed by atoms with van der Waals surface area (Å²) in [5.41, 5.74) is 0. The Morgan fingerprint density at radius 1 is 1.17 bits per heavy atom. The summed E-state index contributed by atoms with van der Waals surface area (Å²) >= 11 is 11.9. The van der Waals surface area contributed by atoms with E-state index in [4.69, 9.17) is 33.0 Å². The van der Waals surface area contributed by atoms with Gasteiger partial charge in [-0.1, -0.05) is 36.0 Å². The minimum atomic E-state index is -0.769. The number of nitrogens with one attached hydrogen (secondary N) is 1. The number of hydrogen-bond acceptors (Lipinski definition) is 5. The lowest BCUT2D eigenvalue weighted by atomic mass is 9.97. The minimum absolute atomic E-state index is 0.0885. The fourth-order valence-corrected chi connectivity index (χ4v) is 4.21. The second kappa shape index (κ2) is 12.6. The Morgan fingerprint density at radius 3 is 2.62 bits per heavy atom. The molecule has 2 rings (SSSR count). The second-order valence-corrected chi connectivity index (χ2v) is 8.35. The Kier molecular flexibility index (Phi) is 10.5. The molecule has 7 nitrogen and oxygen atoms in total. The van der Waals surface area contributed by atoms with Crippen LogP contribution in [0.25, 0.3) is 0 Å². The van der Waals surface area contributed by atoms with Gasteiger partial charge in [-0.15, -0.1) is 5.06 Å². The highest BCUT2D eigenvalue weighted by Gasteiger charge is 2.38. The maximum atomic E-state index is 12.2. The molecule has 0 radical (unpaired) electrons. The van der Waals surface area contributed by atoms with Crippen molar-refractivity contribution in [2.24, 2.45) is 0 Å². The van der Waals surface area contributed by atoms with Gasteiger partial charge in [0.15, 0.2) is 6.67 Å². The lowest BCUT2D eigenvalue weighted by molar-refractivity contribution is -0.869. The topological polar surface area (TPSA) is 97.5 Å². The van der Waals surface area contributed by atoms with Crippen molar-refractivity contribution in [1.82, 2.24) is 5.06 Å². The summed E-state index contributed by atoms with van der Waals surface area (Å²) in [5, 5.41) is 33.3. The Morgan fingerprint density at radius 2 is 1.90 bits per heavy atom. The van der Waals surface area contributed by atoms with E-state index >= 15 is 0 Å². The van der Waals surface area contributed by atoms with Crippen molar-refractivity contribution < 1.29 is 24.9 Å². The molecule has 3 N–H and O–H groups in total. The fraction of sp³-hybridized carbons (Fsp3) is 0.650. The van der Waals surface area contributed by atoms with Gasteiger partial charge in [0, 0.05) is 17.9 Å². The van der Waals surface area contributed by atoms with E-state index in [9.17, 15) is 15.2 Å². The summed E-state index contributed by atoms with van der Waals surface area (Å²) < 4.78 is 5.68. The van der Waals surface area contributed by atoms with E-state index in [1.54, 1.807) is 18.2 Å². The van der Waals surface area contributed by atoms with Crippen LogP contribution in [0.15, 0.2) is 18.2 Å². The lowest BCUT2D eigenvalue weighted by Gasteiger charge is -2.26. The van der Waals surface area contributed by atoms with Crippen LogP contribution in [-0.4, -0.2) is 46.7 Å². The average molecular weight is 449 g/mol. The third-order valence-corrected chi connectivity index (χ3v) is 5.81. The largest absolute Gasteiger partial charge is 0.633 e. The molecular formula is C20H30Cl2N2O5. The number of carbonyl (C=O) groups is 1. The van der Waals surface area contributed by atoms with E-state index in [0.29, 0.717) is 28.8 Å². The summed E-state index contributed by atoms with van der Waals surface area (Å²) in [7, 11) is 0. The number of rotatable bonds is 13. The van der Waals surface area contributed by atoms with E-state index in [1.807, 2.05) is 0 Å². The van der Waals surface area contributed by atoms with Gasteiger partial charge in [0.05, 0.1) is 17.7 Å². The van der Waals surface area contributed by atoms with Crippen LogP contribution in [0.4, 0.5) is 0 Å². The summed E-state index contributed by atoms with van der Waals surface area (Å²) in [6.45, 7) is 0.590. The molecule has 3 atom stereocenters. The Hall–Kier alpha value is -1.09. The maximum Gasteiger partial charge on any atom is 0.303 e. The molecule has 3 unspecified atom stereocenters. The number of unbranched alkanes of at least 4 members (excludes halogenated alkanes) is 4. The number of nitrogens with zero attached hydrogens (tertiary/aromatic N) is 1. The Bertz CT molecular complexity index is 649. The standard InChI is InChI=1S/C20H30Cl2N2O5/c21-15-10-11-19(16(22)13-15)29-12-6-5-8-18-17(23(27)14-24(18)28)7-3-1-2-4-9-20(25)26/h10-11,13,17-18,23,28H,1-9,12,14H2,(H,25,26).